The molecule has 8 aromatic rings. The first-order valence-corrected chi connectivity index (χ1v) is 14.8. The summed E-state index contributed by atoms with van der Waals surface area (Å²) < 4.78 is 0. The van der Waals surface area contributed by atoms with Crippen LogP contribution in [0.3, 0.4) is 0 Å². The Morgan fingerprint density at radius 2 is 0.976 bits per heavy atom. The van der Waals surface area contributed by atoms with Gasteiger partial charge in [-0.1, -0.05) is 151 Å². The Labute approximate surface area is 246 Å². The maximum absolute atomic E-state index is 2.45. The summed E-state index contributed by atoms with van der Waals surface area (Å²) in [4.78, 5) is 0. The Balaban J connectivity index is 1.36. The zero-order valence-electron chi connectivity index (χ0n) is 23.4. The maximum atomic E-state index is 2.45. The first-order valence-electron chi connectivity index (χ1n) is 14.8. The van der Waals surface area contributed by atoms with Crippen LogP contribution in [0.1, 0.15) is 22.3 Å². The summed E-state index contributed by atoms with van der Waals surface area (Å²) in [6, 6.07) is 56.8. The fourth-order valence-electron chi connectivity index (χ4n) is 7.81. The molecule has 194 valence electrons. The van der Waals surface area contributed by atoms with Crippen molar-refractivity contribution < 1.29 is 0 Å². The lowest BCUT2D eigenvalue weighted by molar-refractivity contribution is 0.769. The van der Waals surface area contributed by atoms with Gasteiger partial charge in [0, 0.05) is 0 Å². The van der Waals surface area contributed by atoms with Gasteiger partial charge in [0.2, 0.25) is 0 Å². The smallest absolute Gasteiger partial charge is 0.0886 e. The largest absolute Gasteiger partial charge is 0.139 e. The van der Waals surface area contributed by atoms with Gasteiger partial charge in [0.25, 0.3) is 0 Å². The molecule has 9 rings (SSSR count). The van der Waals surface area contributed by atoms with Crippen molar-refractivity contribution in [3.8, 4) is 22.3 Å². The third-order valence-electron chi connectivity index (χ3n) is 9.54. The predicted molar refractivity (Wildman–Crippen MR) is 181 cm³/mol. The van der Waals surface area contributed by atoms with Gasteiger partial charge in [-0.15, -0.1) is 0 Å². The fraction of sp³-hybridized carbons (Fsp3) is 0.0244. The van der Waals surface area contributed by atoms with E-state index in [0.717, 1.165) is 0 Å². The first kappa shape index (κ1) is 23.6. The molecule has 0 bridgehead atoms. The van der Waals surface area contributed by atoms with Gasteiger partial charge in [0.05, 0.1) is 5.41 Å². The quantitative estimate of drug-likeness (QED) is 0.158. The molecule has 0 aliphatic heterocycles. The molecule has 0 spiro atoms. The molecule has 0 saturated carbocycles. The number of benzene rings is 8. The van der Waals surface area contributed by atoms with Gasteiger partial charge < -0.3 is 0 Å². The second-order valence-electron chi connectivity index (χ2n) is 11.8. The van der Waals surface area contributed by atoms with Crippen molar-refractivity contribution in [1.82, 2.24) is 0 Å². The average molecular weight is 530 g/mol. The van der Waals surface area contributed by atoms with Crippen LogP contribution in [0.5, 0.6) is 0 Å². The summed E-state index contributed by atoms with van der Waals surface area (Å²) in [5, 5.41) is 7.93. The summed E-state index contributed by atoms with van der Waals surface area (Å²) in [6.07, 6.45) is 0. The van der Waals surface area contributed by atoms with E-state index in [0.29, 0.717) is 0 Å². The lowest BCUT2D eigenvalue weighted by Gasteiger charge is -2.34. The minimum Gasteiger partial charge on any atom is -0.0886 e. The zero-order valence-corrected chi connectivity index (χ0v) is 23.4. The van der Waals surface area contributed by atoms with Crippen molar-refractivity contribution >= 4 is 45.6 Å². The van der Waals surface area contributed by atoms with Crippen LogP contribution >= 0.6 is 0 Å². The molecular weight excluding hydrogens is 503 g/mol. The third-order valence-corrected chi connectivity index (χ3v) is 9.54. The highest BCUT2D eigenvalue weighted by Crippen LogP contribution is 2.56. The molecule has 0 aromatic heterocycles. The van der Waals surface area contributed by atoms with E-state index in [-0.39, 0.29) is 0 Å². The average Bonchev–Trinajstić information content (AvgIpc) is 3.35. The summed E-state index contributed by atoms with van der Waals surface area (Å²) in [5.41, 5.74) is 11.4. The Morgan fingerprint density at radius 1 is 0.405 bits per heavy atom. The van der Waals surface area contributed by atoms with E-state index in [9.17, 15) is 0 Å². The molecule has 42 heavy (non-hydrogen) atoms. The molecule has 0 radical (unpaired) electrons. The van der Waals surface area contributed by atoms with Crippen molar-refractivity contribution in [3.63, 3.8) is 0 Å². The molecule has 0 amide bonds. The van der Waals surface area contributed by atoms with Gasteiger partial charge in [-0.05, 0) is 82.9 Å². The van der Waals surface area contributed by atoms with Crippen LogP contribution in [-0.4, -0.2) is 7.85 Å². The molecule has 1 heteroatoms. The summed E-state index contributed by atoms with van der Waals surface area (Å²) in [7, 11) is 2.20. The SMILES string of the molecule is Bc1cccc(C2(c3cccc(-c4ccc5ccc6cccc7ccc4c5c67)c3)c3ccccc3-c3ccccc32)c1. The molecule has 0 nitrogen and oxygen atoms in total. The van der Waals surface area contributed by atoms with Crippen LogP contribution in [0.4, 0.5) is 0 Å². The van der Waals surface area contributed by atoms with Crippen molar-refractivity contribution in [2.24, 2.45) is 0 Å². The molecule has 0 atom stereocenters. The Bertz CT molecular complexity index is 2260. The molecule has 0 N–H and O–H groups in total. The van der Waals surface area contributed by atoms with E-state index in [2.05, 4.69) is 160 Å². The van der Waals surface area contributed by atoms with Crippen LogP contribution in [0.2, 0.25) is 0 Å². The van der Waals surface area contributed by atoms with Gasteiger partial charge in [0.15, 0.2) is 0 Å². The standard InChI is InChI=1S/C41H27B/c42-32-13-7-12-31(25-32)41(37-16-3-1-14-34(37)35-15-2-4-17-38(35)41)30-11-6-10-29(24-30)33-22-20-28-19-18-26-8-5-9-27-21-23-36(33)40(28)39(26)27/h1-25H,42H2. The molecule has 0 heterocycles. The summed E-state index contributed by atoms with van der Waals surface area (Å²) in [6.45, 7) is 0. The van der Waals surface area contributed by atoms with Gasteiger partial charge in [-0.2, -0.15) is 0 Å². The van der Waals surface area contributed by atoms with Crippen LogP contribution in [0.15, 0.2) is 152 Å². The molecule has 0 unspecified atom stereocenters. The van der Waals surface area contributed by atoms with Gasteiger partial charge in [0.1, 0.15) is 7.85 Å². The molecule has 8 aromatic carbocycles. The van der Waals surface area contributed by atoms with Crippen LogP contribution in [-0.2, 0) is 5.41 Å². The van der Waals surface area contributed by atoms with E-state index >= 15 is 0 Å². The van der Waals surface area contributed by atoms with E-state index in [1.165, 1.54) is 82.3 Å². The van der Waals surface area contributed by atoms with Crippen LogP contribution in [0, 0.1) is 0 Å². The summed E-state index contributed by atoms with van der Waals surface area (Å²) in [5.74, 6) is 0. The molecule has 1 aliphatic carbocycles. The number of hydrogen-bond acceptors (Lipinski definition) is 0. The minimum atomic E-state index is -0.404. The summed E-state index contributed by atoms with van der Waals surface area (Å²) >= 11 is 0. The van der Waals surface area contributed by atoms with Crippen molar-refractivity contribution in [1.29, 1.82) is 0 Å². The second-order valence-corrected chi connectivity index (χ2v) is 11.8. The molecule has 1 aliphatic rings. The predicted octanol–water partition coefficient (Wildman–Crippen LogP) is 8.87. The van der Waals surface area contributed by atoms with Crippen LogP contribution < -0.4 is 5.46 Å². The Hall–Kier alpha value is -5.14. The molecule has 0 saturated heterocycles. The maximum Gasteiger partial charge on any atom is 0.139 e. The topological polar surface area (TPSA) is 0 Å². The number of fused-ring (bicyclic) bond motifs is 3. The second kappa shape index (κ2) is 8.68. The van der Waals surface area contributed by atoms with Gasteiger partial charge in [-0.25, -0.2) is 0 Å². The lowest BCUT2D eigenvalue weighted by atomic mass is 9.66. The molecule has 0 fully saturated rings. The van der Waals surface area contributed by atoms with Crippen molar-refractivity contribution in [2.75, 3.05) is 0 Å². The Morgan fingerprint density at radius 3 is 1.69 bits per heavy atom. The third kappa shape index (κ3) is 3.08. The monoisotopic (exact) mass is 530 g/mol. The van der Waals surface area contributed by atoms with E-state index in [1.807, 2.05) is 0 Å². The highest BCUT2D eigenvalue weighted by Gasteiger charge is 2.45. The highest BCUT2D eigenvalue weighted by atomic mass is 14.5. The van der Waals surface area contributed by atoms with Gasteiger partial charge in [-0.3, -0.25) is 0 Å². The van der Waals surface area contributed by atoms with Crippen molar-refractivity contribution in [3.05, 3.63) is 174 Å². The normalized spacial score (nSPS) is 13.5. The van der Waals surface area contributed by atoms with E-state index < -0.39 is 5.41 Å². The van der Waals surface area contributed by atoms with Crippen molar-refractivity contribution in [2.45, 2.75) is 5.41 Å². The lowest BCUT2D eigenvalue weighted by Crippen LogP contribution is -2.29. The van der Waals surface area contributed by atoms with E-state index in [4.69, 9.17) is 0 Å². The first-order chi connectivity index (χ1) is 20.7. The minimum absolute atomic E-state index is 0.404. The fourth-order valence-corrected chi connectivity index (χ4v) is 7.81. The zero-order chi connectivity index (χ0) is 27.8. The van der Waals surface area contributed by atoms with Crippen LogP contribution in [0.25, 0.3) is 54.6 Å². The Kier molecular flexibility index (Phi) is 4.87. The number of rotatable bonds is 3. The van der Waals surface area contributed by atoms with Gasteiger partial charge >= 0.3 is 0 Å². The molecular formula is C41H27B. The number of hydrogen-bond donors (Lipinski definition) is 0. The van der Waals surface area contributed by atoms with E-state index in [1.54, 1.807) is 0 Å². The highest BCUT2D eigenvalue weighted by molar-refractivity contribution is 6.32.